The summed E-state index contributed by atoms with van der Waals surface area (Å²) in [7, 11) is 0. The molecule has 18 heavy (non-hydrogen) atoms. The average molecular weight is 271 g/mol. The van der Waals surface area contributed by atoms with Crippen molar-refractivity contribution in [3.63, 3.8) is 0 Å². The third-order valence-electron chi connectivity index (χ3n) is 4.34. The van der Waals surface area contributed by atoms with Gasteiger partial charge in [-0.1, -0.05) is 20.8 Å². The second kappa shape index (κ2) is 5.52. The number of hydrogen-bond acceptors (Lipinski definition) is 2. The van der Waals surface area contributed by atoms with Crippen LogP contribution in [0.5, 0.6) is 5.75 Å². The van der Waals surface area contributed by atoms with Crippen molar-refractivity contribution in [3.05, 3.63) is 12.4 Å². The highest BCUT2D eigenvalue weighted by atomic mass is 35.5. The Bertz CT molecular complexity index is 387. The zero-order valence-corrected chi connectivity index (χ0v) is 12.3. The molecule has 1 saturated carbocycles. The van der Waals surface area contributed by atoms with E-state index in [2.05, 4.69) is 25.9 Å². The van der Waals surface area contributed by atoms with Crippen LogP contribution in [-0.4, -0.2) is 21.3 Å². The molecule has 1 aromatic heterocycles. The molecule has 1 aliphatic carbocycles. The van der Waals surface area contributed by atoms with E-state index >= 15 is 0 Å². The van der Waals surface area contributed by atoms with Crippen LogP contribution in [0.4, 0.5) is 0 Å². The molecule has 1 heterocycles. The molecule has 0 N–H and O–H groups in total. The van der Waals surface area contributed by atoms with Crippen molar-refractivity contribution in [1.29, 1.82) is 0 Å². The molecular weight excluding hydrogens is 248 g/mol. The maximum absolute atomic E-state index is 6.39. The van der Waals surface area contributed by atoms with Gasteiger partial charge < -0.3 is 4.74 Å². The fraction of sp³-hybridized carbons (Fsp3) is 0.786. The average Bonchev–Trinajstić information content (AvgIpc) is 2.78. The Kier molecular flexibility index (Phi) is 4.21. The van der Waals surface area contributed by atoms with Crippen molar-refractivity contribution in [1.82, 2.24) is 9.78 Å². The largest absolute Gasteiger partial charge is 0.486 e. The summed E-state index contributed by atoms with van der Waals surface area (Å²) in [6.45, 7) is 7.49. The normalized spacial score (nSPS) is 25.8. The minimum Gasteiger partial charge on any atom is -0.486 e. The molecule has 0 saturated heterocycles. The predicted octanol–water partition coefficient (Wildman–Crippen LogP) is 3.86. The van der Waals surface area contributed by atoms with E-state index in [0.29, 0.717) is 0 Å². The lowest BCUT2D eigenvalue weighted by molar-refractivity contribution is -0.0462. The number of hydrogen-bond donors (Lipinski definition) is 0. The molecule has 2 rings (SSSR count). The van der Waals surface area contributed by atoms with Gasteiger partial charge >= 0.3 is 0 Å². The number of alkyl halides is 1. The highest BCUT2D eigenvalue weighted by molar-refractivity contribution is 6.21. The summed E-state index contributed by atoms with van der Waals surface area (Å²) in [6.07, 6.45) is 8.23. The predicted molar refractivity (Wildman–Crippen MR) is 74.2 cm³/mol. The first kappa shape index (κ1) is 13.7. The quantitative estimate of drug-likeness (QED) is 0.734. The third kappa shape index (κ3) is 2.25. The van der Waals surface area contributed by atoms with E-state index in [-0.39, 0.29) is 16.9 Å². The fourth-order valence-electron chi connectivity index (χ4n) is 2.93. The van der Waals surface area contributed by atoms with E-state index in [1.165, 1.54) is 0 Å². The summed E-state index contributed by atoms with van der Waals surface area (Å²) in [6, 6.07) is 0. The van der Waals surface area contributed by atoms with Crippen LogP contribution in [0.15, 0.2) is 12.4 Å². The summed E-state index contributed by atoms with van der Waals surface area (Å²) in [5.74, 6) is 0.878. The van der Waals surface area contributed by atoms with Crippen LogP contribution < -0.4 is 4.74 Å². The smallest absolute Gasteiger partial charge is 0.157 e. The minimum absolute atomic E-state index is 0.147. The van der Waals surface area contributed by atoms with Gasteiger partial charge in [0.2, 0.25) is 0 Å². The summed E-state index contributed by atoms with van der Waals surface area (Å²) in [4.78, 5) is 0. The monoisotopic (exact) mass is 270 g/mol. The Morgan fingerprint density at radius 3 is 2.72 bits per heavy atom. The second-order valence-electron chi connectivity index (χ2n) is 5.19. The highest BCUT2D eigenvalue weighted by Gasteiger charge is 2.53. The minimum atomic E-state index is 0.147. The number of ether oxygens (including phenoxy) is 1. The maximum atomic E-state index is 6.39. The topological polar surface area (TPSA) is 27.1 Å². The van der Waals surface area contributed by atoms with Crippen LogP contribution in [0.25, 0.3) is 0 Å². The lowest BCUT2D eigenvalue weighted by Crippen LogP contribution is -2.56. The molecule has 2 unspecified atom stereocenters. The Morgan fingerprint density at radius 1 is 1.44 bits per heavy atom. The van der Waals surface area contributed by atoms with Crippen LogP contribution in [-0.2, 0) is 6.54 Å². The van der Waals surface area contributed by atoms with Gasteiger partial charge in [0.1, 0.15) is 6.10 Å². The van der Waals surface area contributed by atoms with Gasteiger partial charge in [-0.3, -0.25) is 4.68 Å². The van der Waals surface area contributed by atoms with Crippen molar-refractivity contribution in [2.75, 3.05) is 0 Å². The SMILES string of the molecule is CCCn1cc(OC2CC(Cl)C2(CC)CC)cn1. The molecule has 102 valence electrons. The molecule has 4 heteroatoms. The summed E-state index contributed by atoms with van der Waals surface area (Å²) in [5, 5.41) is 4.55. The molecule has 0 aromatic carbocycles. The first-order valence-electron chi connectivity index (χ1n) is 6.99. The second-order valence-corrected chi connectivity index (χ2v) is 5.72. The Hall–Kier alpha value is -0.700. The number of nitrogens with zero attached hydrogens (tertiary/aromatic N) is 2. The van der Waals surface area contributed by atoms with Gasteiger partial charge in [-0.25, -0.2) is 0 Å². The van der Waals surface area contributed by atoms with Crippen LogP contribution in [0.3, 0.4) is 0 Å². The fourth-order valence-corrected chi connectivity index (χ4v) is 3.54. The van der Waals surface area contributed by atoms with E-state index < -0.39 is 0 Å². The molecule has 0 aliphatic heterocycles. The van der Waals surface area contributed by atoms with E-state index in [1.54, 1.807) is 0 Å². The molecule has 1 aliphatic rings. The van der Waals surface area contributed by atoms with Crippen LogP contribution >= 0.6 is 11.6 Å². The van der Waals surface area contributed by atoms with Crippen molar-refractivity contribution in [2.45, 2.75) is 64.5 Å². The molecular formula is C14H23ClN2O. The van der Waals surface area contributed by atoms with Crippen molar-refractivity contribution < 1.29 is 4.74 Å². The molecule has 1 fully saturated rings. The maximum Gasteiger partial charge on any atom is 0.157 e. The Morgan fingerprint density at radius 2 is 2.17 bits per heavy atom. The van der Waals surface area contributed by atoms with Gasteiger partial charge in [-0.05, 0) is 19.3 Å². The summed E-state index contributed by atoms with van der Waals surface area (Å²) in [5.41, 5.74) is 0.147. The van der Waals surface area contributed by atoms with Gasteiger partial charge in [0.15, 0.2) is 5.75 Å². The number of aryl methyl sites for hydroxylation is 1. The molecule has 3 nitrogen and oxygen atoms in total. The number of aromatic nitrogens is 2. The Balaban J connectivity index is 2.01. The van der Waals surface area contributed by atoms with Crippen molar-refractivity contribution in [3.8, 4) is 5.75 Å². The van der Waals surface area contributed by atoms with E-state index in [9.17, 15) is 0 Å². The molecule has 0 amide bonds. The van der Waals surface area contributed by atoms with Gasteiger partial charge in [0.25, 0.3) is 0 Å². The first-order valence-corrected chi connectivity index (χ1v) is 7.43. The zero-order chi connectivity index (χ0) is 13.2. The van der Waals surface area contributed by atoms with Crippen molar-refractivity contribution >= 4 is 11.6 Å². The van der Waals surface area contributed by atoms with Crippen LogP contribution in [0, 0.1) is 5.41 Å². The van der Waals surface area contributed by atoms with E-state index in [0.717, 1.165) is 38.0 Å². The summed E-state index contributed by atoms with van der Waals surface area (Å²) < 4.78 is 8.01. The lowest BCUT2D eigenvalue weighted by atomic mass is 9.62. The molecule has 0 spiro atoms. The Labute approximate surface area is 114 Å². The molecule has 0 bridgehead atoms. The lowest BCUT2D eigenvalue weighted by Gasteiger charge is -2.52. The summed E-state index contributed by atoms with van der Waals surface area (Å²) >= 11 is 6.39. The van der Waals surface area contributed by atoms with E-state index in [1.807, 2.05) is 17.1 Å². The van der Waals surface area contributed by atoms with Gasteiger partial charge in [-0.15, -0.1) is 11.6 Å². The molecule has 2 atom stereocenters. The standard InChI is InChI=1S/C14H23ClN2O/c1-4-7-17-10-11(9-16-17)18-13-8-12(15)14(13,5-2)6-3/h9-10,12-13H,4-8H2,1-3H3. The molecule has 1 aromatic rings. The third-order valence-corrected chi connectivity index (χ3v) is 4.96. The van der Waals surface area contributed by atoms with Crippen LogP contribution in [0.2, 0.25) is 0 Å². The van der Waals surface area contributed by atoms with Gasteiger partial charge in [-0.2, -0.15) is 5.10 Å². The number of rotatable bonds is 6. The van der Waals surface area contributed by atoms with Crippen molar-refractivity contribution in [2.24, 2.45) is 5.41 Å². The highest BCUT2D eigenvalue weighted by Crippen LogP contribution is 2.51. The van der Waals surface area contributed by atoms with Gasteiger partial charge in [0, 0.05) is 23.8 Å². The first-order chi connectivity index (χ1) is 8.66. The molecule has 0 radical (unpaired) electrons. The van der Waals surface area contributed by atoms with E-state index in [4.69, 9.17) is 16.3 Å². The van der Waals surface area contributed by atoms with Crippen LogP contribution in [0.1, 0.15) is 46.5 Å². The zero-order valence-electron chi connectivity index (χ0n) is 11.5. The van der Waals surface area contributed by atoms with Gasteiger partial charge in [0.05, 0.1) is 12.4 Å². The number of halogens is 1.